The fourth-order valence-electron chi connectivity index (χ4n) is 2.15. The lowest BCUT2D eigenvalue weighted by atomic mass is 10.3. The van der Waals surface area contributed by atoms with Crippen LogP contribution in [0.2, 0.25) is 0 Å². The molecule has 0 aliphatic carbocycles. The van der Waals surface area contributed by atoms with E-state index >= 15 is 0 Å². The normalized spacial score (nSPS) is 10.6. The van der Waals surface area contributed by atoms with E-state index < -0.39 is 5.82 Å². The van der Waals surface area contributed by atoms with Crippen molar-refractivity contribution in [3.63, 3.8) is 0 Å². The molecule has 3 aromatic rings. The van der Waals surface area contributed by atoms with Crippen molar-refractivity contribution < 1.29 is 13.9 Å². The summed E-state index contributed by atoms with van der Waals surface area (Å²) in [5.74, 6) is -0.508. The SMILES string of the molecule is Cn1ccc(CNC(=O)Cn2cc(COc3ccccc3F)nn2)n1. The molecule has 0 aliphatic heterocycles. The van der Waals surface area contributed by atoms with Crippen molar-refractivity contribution in [3.05, 3.63) is 59.9 Å². The Morgan fingerprint density at radius 1 is 1.28 bits per heavy atom. The first-order valence-electron chi connectivity index (χ1n) is 7.62. The van der Waals surface area contributed by atoms with Gasteiger partial charge in [0.1, 0.15) is 18.8 Å². The summed E-state index contributed by atoms with van der Waals surface area (Å²) in [6.45, 7) is 0.438. The highest BCUT2D eigenvalue weighted by molar-refractivity contribution is 5.75. The molecule has 130 valence electrons. The first-order chi connectivity index (χ1) is 12.1. The van der Waals surface area contributed by atoms with Gasteiger partial charge in [-0.05, 0) is 18.2 Å². The van der Waals surface area contributed by atoms with Gasteiger partial charge in [0.2, 0.25) is 5.91 Å². The van der Waals surface area contributed by atoms with Crippen LogP contribution in [0.4, 0.5) is 4.39 Å². The van der Waals surface area contributed by atoms with Crippen LogP contribution < -0.4 is 10.1 Å². The molecule has 3 rings (SSSR count). The molecule has 9 heteroatoms. The van der Waals surface area contributed by atoms with Gasteiger partial charge in [-0.1, -0.05) is 17.3 Å². The fraction of sp³-hybridized carbons (Fsp3) is 0.250. The molecule has 2 aromatic heterocycles. The van der Waals surface area contributed by atoms with E-state index in [-0.39, 0.29) is 24.8 Å². The number of halogens is 1. The fourth-order valence-corrected chi connectivity index (χ4v) is 2.15. The Hall–Kier alpha value is -3.23. The zero-order valence-electron chi connectivity index (χ0n) is 13.6. The summed E-state index contributed by atoms with van der Waals surface area (Å²) in [5.41, 5.74) is 1.27. The van der Waals surface area contributed by atoms with Crippen LogP contribution in [0.15, 0.2) is 42.7 Å². The number of hydrogen-bond donors (Lipinski definition) is 1. The van der Waals surface area contributed by atoms with Gasteiger partial charge in [0, 0.05) is 13.2 Å². The zero-order chi connectivity index (χ0) is 17.6. The Bertz CT molecular complexity index is 860. The highest BCUT2D eigenvalue weighted by Crippen LogP contribution is 2.16. The Morgan fingerprint density at radius 2 is 2.12 bits per heavy atom. The van der Waals surface area contributed by atoms with Crippen LogP contribution in [-0.4, -0.2) is 30.7 Å². The van der Waals surface area contributed by atoms with Gasteiger partial charge >= 0.3 is 0 Å². The average molecular weight is 344 g/mol. The molecular formula is C16H17FN6O2. The molecule has 0 fully saturated rings. The lowest BCUT2D eigenvalue weighted by Crippen LogP contribution is -2.27. The number of benzene rings is 1. The minimum Gasteiger partial charge on any atom is -0.484 e. The van der Waals surface area contributed by atoms with Crippen LogP contribution in [0.5, 0.6) is 5.75 Å². The Balaban J connectivity index is 1.47. The highest BCUT2D eigenvalue weighted by Gasteiger charge is 2.08. The van der Waals surface area contributed by atoms with E-state index in [1.165, 1.54) is 16.8 Å². The van der Waals surface area contributed by atoms with Crippen LogP contribution in [0.3, 0.4) is 0 Å². The highest BCUT2D eigenvalue weighted by atomic mass is 19.1. The third-order valence-electron chi connectivity index (χ3n) is 3.34. The number of ether oxygens (including phenoxy) is 1. The molecule has 0 aliphatic rings. The van der Waals surface area contributed by atoms with Gasteiger partial charge < -0.3 is 10.1 Å². The number of amides is 1. The minimum absolute atomic E-state index is 0.0273. The van der Waals surface area contributed by atoms with Crippen molar-refractivity contribution in [2.75, 3.05) is 0 Å². The van der Waals surface area contributed by atoms with Crippen molar-refractivity contribution in [1.29, 1.82) is 0 Å². The van der Waals surface area contributed by atoms with Gasteiger partial charge in [0.05, 0.1) is 18.4 Å². The number of carbonyl (C=O) groups excluding carboxylic acids is 1. The molecule has 0 saturated carbocycles. The quantitative estimate of drug-likeness (QED) is 0.692. The number of para-hydroxylation sites is 1. The summed E-state index contributed by atoms with van der Waals surface area (Å²) in [7, 11) is 1.81. The number of nitrogens with one attached hydrogen (secondary N) is 1. The third-order valence-corrected chi connectivity index (χ3v) is 3.34. The first-order valence-corrected chi connectivity index (χ1v) is 7.62. The summed E-state index contributed by atoms with van der Waals surface area (Å²) in [6.07, 6.45) is 3.39. The number of aryl methyl sites for hydroxylation is 1. The lowest BCUT2D eigenvalue weighted by molar-refractivity contribution is -0.122. The van der Waals surface area contributed by atoms with E-state index in [2.05, 4.69) is 20.7 Å². The van der Waals surface area contributed by atoms with Crippen LogP contribution >= 0.6 is 0 Å². The monoisotopic (exact) mass is 344 g/mol. The van der Waals surface area contributed by atoms with E-state index in [9.17, 15) is 9.18 Å². The molecule has 25 heavy (non-hydrogen) atoms. The van der Waals surface area contributed by atoms with E-state index in [0.29, 0.717) is 12.2 Å². The summed E-state index contributed by atoms with van der Waals surface area (Å²) in [5, 5.41) is 14.7. The molecule has 0 spiro atoms. The minimum atomic E-state index is -0.441. The van der Waals surface area contributed by atoms with Crippen molar-refractivity contribution >= 4 is 5.91 Å². The maximum atomic E-state index is 13.5. The molecule has 1 aromatic carbocycles. The number of hydrogen-bond acceptors (Lipinski definition) is 5. The first kappa shape index (κ1) is 16.6. The third kappa shape index (κ3) is 4.63. The van der Waals surface area contributed by atoms with E-state index in [0.717, 1.165) is 5.69 Å². The molecule has 1 amide bonds. The zero-order valence-corrected chi connectivity index (χ0v) is 13.6. The predicted octanol–water partition coefficient (Wildman–Crippen LogP) is 1.05. The standard InChI is InChI=1S/C16H17FN6O2/c1-22-7-6-12(20-22)8-18-16(24)10-23-9-13(19-21-23)11-25-15-5-3-2-4-14(15)17/h2-7,9H,8,10-11H2,1H3,(H,18,24). The second kappa shape index (κ2) is 7.56. The number of aromatic nitrogens is 5. The largest absolute Gasteiger partial charge is 0.484 e. The van der Waals surface area contributed by atoms with Crippen LogP contribution in [-0.2, 0) is 31.5 Å². The molecule has 8 nitrogen and oxygen atoms in total. The number of nitrogens with zero attached hydrogens (tertiary/aromatic N) is 5. The van der Waals surface area contributed by atoms with Gasteiger partial charge in [-0.15, -0.1) is 5.10 Å². The molecule has 0 saturated heterocycles. The van der Waals surface area contributed by atoms with Crippen molar-refractivity contribution in [2.45, 2.75) is 19.7 Å². The second-order valence-corrected chi connectivity index (χ2v) is 5.38. The summed E-state index contributed by atoms with van der Waals surface area (Å²) >= 11 is 0. The van der Waals surface area contributed by atoms with Gasteiger partial charge in [-0.2, -0.15) is 5.10 Å². The van der Waals surface area contributed by atoms with Crippen LogP contribution in [0.1, 0.15) is 11.4 Å². The Kier molecular flexibility index (Phi) is 5.03. The van der Waals surface area contributed by atoms with Crippen LogP contribution in [0.25, 0.3) is 0 Å². The lowest BCUT2D eigenvalue weighted by Gasteiger charge is -2.04. The van der Waals surface area contributed by atoms with E-state index in [4.69, 9.17) is 4.74 Å². The number of rotatable bonds is 7. The Labute approximate surface area is 143 Å². The van der Waals surface area contributed by atoms with Gasteiger partial charge in [0.25, 0.3) is 0 Å². The molecule has 0 bridgehead atoms. The molecule has 0 radical (unpaired) electrons. The van der Waals surface area contributed by atoms with Gasteiger partial charge in [0.15, 0.2) is 11.6 Å². The molecule has 0 atom stereocenters. The second-order valence-electron chi connectivity index (χ2n) is 5.38. The Morgan fingerprint density at radius 3 is 2.88 bits per heavy atom. The van der Waals surface area contributed by atoms with E-state index in [1.807, 2.05) is 13.1 Å². The van der Waals surface area contributed by atoms with Gasteiger partial charge in [-0.25, -0.2) is 9.07 Å². The molecule has 1 N–H and O–H groups in total. The maximum absolute atomic E-state index is 13.5. The topological polar surface area (TPSA) is 86.9 Å². The summed E-state index contributed by atoms with van der Waals surface area (Å²) in [4.78, 5) is 11.9. The smallest absolute Gasteiger partial charge is 0.242 e. The molecular weight excluding hydrogens is 327 g/mol. The van der Waals surface area contributed by atoms with Gasteiger partial charge in [-0.3, -0.25) is 9.48 Å². The average Bonchev–Trinajstić information content (AvgIpc) is 3.21. The maximum Gasteiger partial charge on any atom is 0.242 e. The van der Waals surface area contributed by atoms with Crippen molar-refractivity contribution in [1.82, 2.24) is 30.1 Å². The predicted molar refractivity (Wildman–Crippen MR) is 85.8 cm³/mol. The van der Waals surface area contributed by atoms with Crippen molar-refractivity contribution in [2.24, 2.45) is 7.05 Å². The summed E-state index contributed by atoms with van der Waals surface area (Å²) in [6, 6.07) is 7.94. The number of carbonyl (C=O) groups is 1. The van der Waals surface area contributed by atoms with E-state index in [1.54, 1.807) is 29.2 Å². The summed E-state index contributed by atoms with van der Waals surface area (Å²) < 4.78 is 21.9. The molecule has 0 unspecified atom stereocenters. The molecule has 2 heterocycles. The van der Waals surface area contributed by atoms with Crippen molar-refractivity contribution in [3.8, 4) is 5.75 Å². The van der Waals surface area contributed by atoms with Crippen LogP contribution in [0, 0.1) is 5.82 Å².